The average molecular weight is 386 g/mol. The molecule has 0 aromatic heterocycles. The maximum Gasteiger partial charge on any atom is 0.153 e. The lowest BCUT2D eigenvalue weighted by molar-refractivity contribution is -0.112. The number of ether oxygens (including phenoxy) is 2. The van der Waals surface area contributed by atoms with Gasteiger partial charge >= 0.3 is 0 Å². The van der Waals surface area contributed by atoms with Crippen molar-refractivity contribution in [2.45, 2.75) is 51.4 Å². The lowest BCUT2D eigenvalue weighted by Gasteiger charge is -2.26. The molecule has 2 aliphatic rings. The zero-order valence-electron chi connectivity index (χ0n) is 16.4. The van der Waals surface area contributed by atoms with E-state index < -0.39 is 0 Å². The first-order valence-electron chi connectivity index (χ1n) is 10.5. The summed E-state index contributed by atoms with van der Waals surface area (Å²) in [6.45, 7) is 1.19. The van der Waals surface area contributed by atoms with Gasteiger partial charge in [-0.3, -0.25) is 4.79 Å². The monoisotopic (exact) mass is 386 g/mol. The number of benzene rings is 1. The molecule has 2 aliphatic carbocycles. The van der Waals surface area contributed by atoms with Gasteiger partial charge in [0.1, 0.15) is 24.1 Å². The molecule has 0 saturated heterocycles. The van der Waals surface area contributed by atoms with Crippen LogP contribution in [-0.2, 0) is 9.59 Å². The molecule has 0 atom stereocenters. The van der Waals surface area contributed by atoms with Gasteiger partial charge in [0, 0.05) is 11.8 Å². The van der Waals surface area contributed by atoms with Crippen LogP contribution in [0.3, 0.4) is 0 Å². The second kappa shape index (κ2) is 10.4. The lowest BCUT2D eigenvalue weighted by Crippen LogP contribution is -2.21. The molecule has 0 bridgehead atoms. The summed E-state index contributed by atoms with van der Waals surface area (Å²) in [7, 11) is 0. The summed E-state index contributed by atoms with van der Waals surface area (Å²) in [5.41, 5.74) is 0.503. The maximum absolute atomic E-state index is 11.5. The Morgan fingerprint density at radius 1 is 0.750 bits per heavy atom. The summed E-state index contributed by atoms with van der Waals surface area (Å²) < 4.78 is 11.8. The highest BCUT2D eigenvalue weighted by Gasteiger charge is 2.22. The van der Waals surface area contributed by atoms with Crippen molar-refractivity contribution >= 4 is 18.9 Å². The number of hydrogen-bond donors (Lipinski definition) is 0. The standard InChI is InChI=1S/C23H30O5/c24-12-17-1-5-19(6-2-17)15-27-22-9-10-23(21(11-22)14-26)28-16-20-7-3-18(13-25)4-8-20/h9-14,17-20H,1-8,15-16H2. The largest absolute Gasteiger partial charge is 0.493 e. The highest BCUT2D eigenvalue weighted by Crippen LogP contribution is 2.31. The number of rotatable bonds is 9. The van der Waals surface area contributed by atoms with Gasteiger partial charge in [0.2, 0.25) is 0 Å². The van der Waals surface area contributed by atoms with E-state index in [2.05, 4.69) is 0 Å². The second-order valence-corrected chi connectivity index (χ2v) is 8.27. The smallest absolute Gasteiger partial charge is 0.153 e. The van der Waals surface area contributed by atoms with E-state index in [1.54, 1.807) is 12.1 Å². The van der Waals surface area contributed by atoms with Crippen LogP contribution in [0.25, 0.3) is 0 Å². The number of hydrogen-bond acceptors (Lipinski definition) is 5. The van der Waals surface area contributed by atoms with Crippen LogP contribution < -0.4 is 9.47 Å². The summed E-state index contributed by atoms with van der Waals surface area (Å²) in [4.78, 5) is 33.2. The van der Waals surface area contributed by atoms with Gasteiger partial charge in [-0.1, -0.05) is 0 Å². The fraction of sp³-hybridized carbons (Fsp3) is 0.609. The number of aldehydes is 3. The quantitative estimate of drug-likeness (QED) is 0.593. The first-order chi connectivity index (χ1) is 13.7. The summed E-state index contributed by atoms with van der Waals surface area (Å²) in [6.07, 6.45) is 10.7. The van der Waals surface area contributed by atoms with Crippen LogP contribution >= 0.6 is 0 Å². The molecule has 0 unspecified atom stereocenters. The van der Waals surface area contributed by atoms with E-state index in [0.717, 1.165) is 70.2 Å². The molecule has 28 heavy (non-hydrogen) atoms. The van der Waals surface area contributed by atoms with E-state index in [1.165, 1.54) is 0 Å². The molecule has 1 aromatic rings. The Balaban J connectivity index is 1.47. The fourth-order valence-corrected chi connectivity index (χ4v) is 4.24. The Bertz CT molecular complexity index is 655. The molecule has 5 nitrogen and oxygen atoms in total. The maximum atomic E-state index is 11.5. The first-order valence-corrected chi connectivity index (χ1v) is 10.5. The third-order valence-electron chi connectivity index (χ3n) is 6.24. The molecule has 0 radical (unpaired) electrons. The molecule has 0 heterocycles. The van der Waals surface area contributed by atoms with Gasteiger partial charge in [-0.05, 0) is 81.4 Å². The molecular formula is C23H30O5. The summed E-state index contributed by atoms with van der Waals surface area (Å²) in [5, 5.41) is 0. The van der Waals surface area contributed by atoms with Crippen LogP contribution in [0, 0.1) is 23.7 Å². The van der Waals surface area contributed by atoms with Gasteiger partial charge < -0.3 is 19.1 Å². The van der Waals surface area contributed by atoms with Crippen molar-refractivity contribution in [3.63, 3.8) is 0 Å². The van der Waals surface area contributed by atoms with E-state index in [4.69, 9.17) is 9.47 Å². The fourth-order valence-electron chi connectivity index (χ4n) is 4.24. The van der Waals surface area contributed by atoms with Crippen molar-refractivity contribution < 1.29 is 23.9 Å². The molecule has 0 spiro atoms. The Morgan fingerprint density at radius 2 is 1.29 bits per heavy atom. The van der Waals surface area contributed by atoms with Crippen LogP contribution in [0.4, 0.5) is 0 Å². The van der Waals surface area contributed by atoms with E-state index >= 15 is 0 Å². The Labute approximate surface area is 166 Å². The predicted molar refractivity (Wildman–Crippen MR) is 106 cm³/mol. The van der Waals surface area contributed by atoms with Crippen molar-refractivity contribution in [2.75, 3.05) is 13.2 Å². The Kier molecular flexibility index (Phi) is 7.63. The zero-order valence-corrected chi connectivity index (χ0v) is 16.4. The molecular weight excluding hydrogens is 356 g/mol. The molecule has 0 N–H and O–H groups in total. The normalized spacial score (nSPS) is 27.6. The third-order valence-corrected chi connectivity index (χ3v) is 6.24. The van der Waals surface area contributed by atoms with Crippen LogP contribution in [0.2, 0.25) is 0 Å². The Morgan fingerprint density at radius 3 is 1.79 bits per heavy atom. The van der Waals surface area contributed by atoms with Gasteiger partial charge in [-0.15, -0.1) is 0 Å². The topological polar surface area (TPSA) is 69.7 Å². The van der Waals surface area contributed by atoms with Crippen LogP contribution in [-0.4, -0.2) is 32.1 Å². The van der Waals surface area contributed by atoms with Gasteiger partial charge in [0.05, 0.1) is 18.8 Å². The van der Waals surface area contributed by atoms with Crippen molar-refractivity contribution in [1.82, 2.24) is 0 Å². The molecule has 2 saturated carbocycles. The van der Waals surface area contributed by atoms with Crippen LogP contribution in [0.15, 0.2) is 18.2 Å². The van der Waals surface area contributed by atoms with Crippen molar-refractivity contribution in [3.05, 3.63) is 23.8 Å². The molecule has 3 rings (SSSR count). The van der Waals surface area contributed by atoms with Crippen LogP contribution in [0.5, 0.6) is 11.5 Å². The molecule has 152 valence electrons. The molecule has 1 aromatic carbocycles. The zero-order chi connectivity index (χ0) is 19.8. The van der Waals surface area contributed by atoms with Crippen molar-refractivity contribution in [3.8, 4) is 11.5 Å². The molecule has 0 amide bonds. The minimum absolute atomic E-state index is 0.201. The number of carbonyl (C=O) groups excluding carboxylic acids is 3. The molecule has 2 fully saturated rings. The lowest BCUT2D eigenvalue weighted by atomic mass is 9.83. The van der Waals surface area contributed by atoms with Gasteiger partial charge in [-0.25, -0.2) is 0 Å². The van der Waals surface area contributed by atoms with E-state index in [-0.39, 0.29) is 11.8 Å². The van der Waals surface area contributed by atoms with Crippen LogP contribution in [0.1, 0.15) is 61.7 Å². The highest BCUT2D eigenvalue weighted by molar-refractivity contribution is 5.80. The molecule has 0 aliphatic heterocycles. The average Bonchev–Trinajstić information content (AvgIpc) is 2.77. The summed E-state index contributed by atoms with van der Waals surface area (Å²) in [5.74, 6) is 2.58. The first kappa shape index (κ1) is 20.6. The summed E-state index contributed by atoms with van der Waals surface area (Å²) >= 11 is 0. The van der Waals surface area contributed by atoms with Crippen molar-refractivity contribution in [2.24, 2.45) is 23.7 Å². The highest BCUT2D eigenvalue weighted by atomic mass is 16.5. The number of carbonyl (C=O) groups is 3. The van der Waals surface area contributed by atoms with E-state index in [0.29, 0.717) is 42.1 Å². The summed E-state index contributed by atoms with van der Waals surface area (Å²) in [6, 6.07) is 5.39. The van der Waals surface area contributed by atoms with Crippen molar-refractivity contribution in [1.29, 1.82) is 0 Å². The van der Waals surface area contributed by atoms with Gasteiger partial charge in [0.25, 0.3) is 0 Å². The predicted octanol–water partition coefficient (Wildman–Crippen LogP) is 4.27. The van der Waals surface area contributed by atoms with E-state index in [9.17, 15) is 14.4 Å². The minimum Gasteiger partial charge on any atom is -0.493 e. The van der Waals surface area contributed by atoms with Gasteiger partial charge in [0.15, 0.2) is 6.29 Å². The SMILES string of the molecule is O=Cc1cc(OCC2CCC(C=O)CC2)ccc1OCC1CCC(C=O)CC1. The van der Waals surface area contributed by atoms with E-state index in [1.807, 2.05) is 6.07 Å². The third kappa shape index (κ3) is 5.66. The Hall–Kier alpha value is -2.17. The molecule has 5 heteroatoms. The minimum atomic E-state index is 0.201. The van der Waals surface area contributed by atoms with Gasteiger partial charge in [-0.2, -0.15) is 0 Å². The second-order valence-electron chi connectivity index (χ2n) is 8.27.